The SMILES string of the molecule is O=C1NCC=C(C2C(=O)NC(=O)N2C(=O)c2ccccc2)c2cc(Br)[nH]c21. The Morgan fingerprint density at radius 1 is 1.15 bits per heavy atom. The van der Waals surface area contributed by atoms with Crippen molar-refractivity contribution in [2.45, 2.75) is 6.04 Å². The van der Waals surface area contributed by atoms with Gasteiger partial charge < -0.3 is 10.3 Å². The molecule has 2 aromatic rings. The van der Waals surface area contributed by atoms with Gasteiger partial charge in [0.1, 0.15) is 11.7 Å². The van der Waals surface area contributed by atoms with Gasteiger partial charge >= 0.3 is 6.03 Å². The maximum absolute atomic E-state index is 12.9. The van der Waals surface area contributed by atoms with E-state index >= 15 is 0 Å². The molecule has 1 unspecified atom stereocenters. The number of imide groups is 2. The Morgan fingerprint density at radius 2 is 1.89 bits per heavy atom. The van der Waals surface area contributed by atoms with Crippen LogP contribution in [0.2, 0.25) is 0 Å². The fourth-order valence-electron chi connectivity index (χ4n) is 3.22. The van der Waals surface area contributed by atoms with Crippen molar-refractivity contribution in [3.05, 3.63) is 63.9 Å². The quantitative estimate of drug-likeness (QED) is 0.631. The van der Waals surface area contributed by atoms with E-state index in [0.717, 1.165) is 4.90 Å². The molecule has 3 heterocycles. The molecule has 1 saturated heterocycles. The first-order valence-corrected chi connectivity index (χ1v) is 8.87. The highest BCUT2D eigenvalue weighted by molar-refractivity contribution is 9.10. The van der Waals surface area contributed by atoms with Gasteiger partial charge in [0.2, 0.25) is 0 Å². The molecule has 136 valence electrons. The largest absolute Gasteiger partial charge is 0.347 e. The Hall–Kier alpha value is -3.20. The second-order valence-corrected chi connectivity index (χ2v) is 6.87. The van der Waals surface area contributed by atoms with Crippen LogP contribution >= 0.6 is 15.9 Å². The van der Waals surface area contributed by atoms with Crippen LogP contribution in [0, 0.1) is 0 Å². The maximum atomic E-state index is 12.9. The summed E-state index contributed by atoms with van der Waals surface area (Å²) in [7, 11) is 0. The van der Waals surface area contributed by atoms with Gasteiger partial charge in [0.25, 0.3) is 17.7 Å². The van der Waals surface area contributed by atoms with Gasteiger partial charge in [0.05, 0.1) is 4.60 Å². The van der Waals surface area contributed by atoms with E-state index < -0.39 is 23.9 Å². The van der Waals surface area contributed by atoms with Gasteiger partial charge in [-0.3, -0.25) is 19.7 Å². The smallest absolute Gasteiger partial charge is 0.332 e. The number of nitrogens with one attached hydrogen (secondary N) is 3. The van der Waals surface area contributed by atoms with Gasteiger partial charge in [-0.15, -0.1) is 0 Å². The highest BCUT2D eigenvalue weighted by Gasteiger charge is 2.46. The summed E-state index contributed by atoms with van der Waals surface area (Å²) in [6.07, 6.45) is 1.64. The summed E-state index contributed by atoms with van der Waals surface area (Å²) >= 11 is 3.28. The van der Waals surface area contributed by atoms with E-state index in [0.29, 0.717) is 15.7 Å². The van der Waals surface area contributed by atoms with E-state index in [2.05, 4.69) is 31.5 Å². The second kappa shape index (κ2) is 6.51. The summed E-state index contributed by atoms with van der Waals surface area (Å²) in [5.41, 5.74) is 1.40. The molecule has 0 radical (unpaired) electrons. The normalized spacial score (nSPS) is 19.1. The number of rotatable bonds is 2. The Morgan fingerprint density at radius 3 is 2.63 bits per heavy atom. The summed E-state index contributed by atoms with van der Waals surface area (Å²) in [4.78, 5) is 53.8. The number of fused-ring (bicyclic) bond motifs is 1. The number of aromatic nitrogens is 1. The summed E-state index contributed by atoms with van der Waals surface area (Å²) in [6, 6.07) is 7.92. The van der Waals surface area contributed by atoms with E-state index in [-0.39, 0.29) is 23.7 Å². The minimum atomic E-state index is -1.17. The van der Waals surface area contributed by atoms with Crippen LogP contribution in [0.15, 0.2) is 47.1 Å². The molecule has 1 fully saturated rings. The zero-order valence-electron chi connectivity index (χ0n) is 13.8. The van der Waals surface area contributed by atoms with Gasteiger partial charge in [-0.1, -0.05) is 24.3 Å². The molecule has 0 saturated carbocycles. The van der Waals surface area contributed by atoms with Crippen LogP contribution in [0.3, 0.4) is 0 Å². The van der Waals surface area contributed by atoms with E-state index in [9.17, 15) is 19.2 Å². The molecule has 27 heavy (non-hydrogen) atoms. The monoisotopic (exact) mass is 428 g/mol. The van der Waals surface area contributed by atoms with Gasteiger partial charge in [0, 0.05) is 17.7 Å². The molecular formula is C18H13BrN4O4. The fraction of sp³-hybridized carbons (Fsp3) is 0.111. The van der Waals surface area contributed by atoms with Gasteiger partial charge in [-0.2, -0.15) is 0 Å². The minimum absolute atomic E-state index is 0.166. The number of carbonyl (C=O) groups is 4. The summed E-state index contributed by atoms with van der Waals surface area (Å²) in [5, 5.41) is 4.88. The zero-order valence-corrected chi connectivity index (χ0v) is 15.4. The molecule has 1 aromatic carbocycles. The van der Waals surface area contributed by atoms with Crippen molar-refractivity contribution in [3.8, 4) is 0 Å². The Balaban J connectivity index is 1.81. The molecule has 1 aromatic heterocycles. The van der Waals surface area contributed by atoms with E-state index in [1.165, 1.54) is 0 Å². The lowest BCUT2D eigenvalue weighted by Crippen LogP contribution is -2.41. The first-order chi connectivity index (χ1) is 13.0. The average molecular weight is 429 g/mol. The molecular weight excluding hydrogens is 416 g/mol. The molecule has 8 nitrogen and oxygen atoms in total. The van der Waals surface area contributed by atoms with Crippen molar-refractivity contribution in [1.29, 1.82) is 0 Å². The molecule has 0 bridgehead atoms. The van der Waals surface area contributed by atoms with Crippen molar-refractivity contribution < 1.29 is 19.2 Å². The lowest BCUT2D eigenvalue weighted by atomic mass is 9.97. The molecule has 0 aliphatic carbocycles. The average Bonchev–Trinajstić information content (AvgIpc) is 3.13. The van der Waals surface area contributed by atoms with Crippen molar-refractivity contribution in [2.75, 3.05) is 6.54 Å². The third kappa shape index (κ3) is 2.85. The number of carbonyl (C=O) groups excluding carboxylic acids is 4. The van der Waals surface area contributed by atoms with Gasteiger partial charge in [0.15, 0.2) is 0 Å². The van der Waals surface area contributed by atoms with Crippen LogP contribution in [0.25, 0.3) is 5.57 Å². The van der Waals surface area contributed by atoms with Crippen LogP contribution in [-0.2, 0) is 4.79 Å². The molecule has 5 amide bonds. The maximum Gasteiger partial charge on any atom is 0.332 e. The number of amides is 5. The number of nitrogens with zero attached hydrogens (tertiary/aromatic N) is 1. The van der Waals surface area contributed by atoms with E-state index in [4.69, 9.17) is 0 Å². The lowest BCUT2D eigenvalue weighted by Gasteiger charge is -2.22. The number of halogens is 1. The third-order valence-corrected chi connectivity index (χ3v) is 4.82. The van der Waals surface area contributed by atoms with Crippen molar-refractivity contribution in [2.24, 2.45) is 0 Å². The molecule has 0 spiro atoms. The Labute approximate surface area is 161 Å². The number of hydrogen-bond donors (Lipinski definition) is 3. The predicted molar refractivity (Wildman–Crippen MR) is 98.7 cm³/mol. The van der Waals surface area contributed by atoms with E-state index in [1.807, 2.05) is 0 Å². The zero-order chi connectivity index (χ0) is 19.1. The van der Waals surface area contributed by atoms with E-state index in [1.54, 1.807) is 42.5 Å². The van der Waals surface area contributed by atoms with Crippen LogP contribution < -0.4 is 10.6 Å². The highest BCUT2D eigenvalue weighted by atomic mass is 79.9. The molecule has 2 aliphatic heterocycles. The molecule has 9 heteroatoms. The Bertz CT molecular complexity index is 1010. The molecule has 1 atom stereocenters. The molecule has 4 rings (SSSR count). The minimum Gasteiger partial charge on any atom is -0.347 e. The second-order valence-electron chi connectivity index (χ2n) is 6.01. The van der Waals surface area contributed by atoms with Crippen LogP contribution in [-0.4, -0.2) is 46.2 Å². The summed E-state index contributed by atoms with van der Waals surface area (Å²) in [6.45, 7) is 0.166. The van der Waals surface area contributed by atoms with Crippen LogP contribution in [0.4, 0.5) is 4.79 Å². The summed E-state index contributed by atoms with van der Waals surface area (Å²) < 4.78 is 0.543. The standard InChI is InChI=1S/C18H13BrN4O4/c19-12-8-11-10(6-7-20-15(24)13(11)21-12)14-16(25)22-18(27)23(14)17(26)9-4-2-1-3-5-9/h1-6,8,14,21H,7H2,(H,20,24)(H,22,25,27). The predicted octanol–water partition coefficient (Wildman–Crippen LogP) is 1.66. The number of hydrogen-bond acceptors (Lipinski definition) is 4. The van der Waals surface area contributed by atoms with Crippen molar-refractivity contribution in [1.82, 2.24) is 20.5 Å². The first-order valence-electron chi connectivity index (χ1n) is 8.08. The lowest BCUT2D eigenvalue weighted by molar-refractivity contribution is -0.119. The Kier molecular flexibility index (Phi) is 4.15. The van der Waals surface area contributed by atoms with Gasteiger partial charge in [-0.05, 0) is 39.7 Å². The number of aromatic amines is 1. The number of H-pyrrole nitrogens is 1. The van der Waals surface area contributed by atoms with Crippen molar-refractivity contribution >= 4 is 45.3 Å². The number of benzene rings is 1. The van der Waals surface area contributed by atoms with Crippen LogP contribution in [0.5, 0.6) is 0 Å². The van der Waals surface area contributed by atoms with Crippen molar-refractivity contribution in [3.63, 3.8) is 0 Å². The fourth-order valence-corrected chi connectivity index (χ4v) is 3.64. The number of urea groups is 1. The van der Waals surface area contributed by atoms with Crippen LogP contribution in [0.1, 0.15) is 26.4 Å². The third-order valence-electron chi connectivity index (χ3n) is 4.40. The topological polar surface area (TPSA) is 111 Å². The van der Waals surface area contributed by atoms with Gasteiger partial charge in [-0.25, -0.2) is 9.69 Å². The first kappa shape index (κ1) is 17.2. The molecule has 2 aliphatic rings. The summed E-state index contributed by atoms with van der Waals surface area (Å²) in [5.74, 6) is -1.55. The molecule has 3 N–H and O–H groups in total. The highest BCUT2D eigenvalue weighted by Crippen LogP contribution is 2.32.